The molecule has 2 aromatic carbocycles. The van der Waals surface area contributed by atoms with Crippen LogP contribution >= 0.6 is 22.9 Å². The second kappa shape index (κ2) is 11.0. The van der Waals surface area contributed by atoms with Gasteiger partial charge in [0, 0.05) is 35.1 Å². The Hall–Kier alpha value is -1.90. The number of nitrogens with zero attached hydrogens (tertiary/aromatic N) is 2. The third kappa shape index (κ3) is 5.75. The van der Waals surface area contributed by atoms with Gasteiger partial charge in [0.15, 0.2) is 0 Å². The Balaban J connectivity index is 1.24. The van der Waals surface area contributed by atoms with Gasteiger partial charge in [-0.2, -0.15) is 0 Å². The van der Waals surface area contributed by atoms with Gasteiger partial charge in [-0.3, -0.25) is 4.31 Å². The van der Waals surface area contributed by atoms with Crippen LogP contribution in [-0.4, -0.2) is 45.0 Å². The van der Waals surface area contributed by atoms with E-state index in [0.717, 1.165) is 69.5 Å². The van der Waals surface area contributed by atoms with Crippen molar-refractivity contribution in [3.63, 3.8) is 0 Å². The number of halogens is 1. The van der Waals surface area contributed by atoms with Gasteiger partial charge in [-0.05, 0) is 92.5 Å². The van der Waals surface area contributed by atoms with Crippen molar-refractivity contribution in [2.75, 3.05) is 23.9 Å². The van der Waals surface area contributed by atoms with Crippen LogP contribution in [0, 0.1) is 0 Å². The van der Waals surface area contributed by atoms with E-state index in [1.807, 2.05) is 24.3 Å². The minimum absolute atomic E-state index is 0.0553. The lowest BCUT2D eigenvalue weighted by Crippen LogP contribution is -2.47. The molecule has 5 nitrogen and oxygen atoms in total. The van der Waals surface area contributed by atoms with Crippen molar-refractivity contribution in [2.45, 2.75) is 55.6 Å². The van der Waals surface area contributed by atoms with Crippen LogP contribution in [0.3, 0.4) is 0 Å². The van der Waals surface area contributed by atoms with Crippen LogP contribution < -0.4 is 9.62 Å². The summed E-state index contributed by atoms with van der Waals surface area (Å²) < 4.78 is 29.3. The van der Waals surface area contributed by atoms with E-state index in [0.29, 0.717) is 16.0 Å². The molecule has 1 N–H and O–H groups in total. The minimum Gasteiger partial charge on any atom is -0.309 e. The van der Waals surface area contributed by atoms with Crippen LogP contribution in [0.1, 0.15) is 36.1 Å². The van der Waals surface area contributed by atoms with Crippen molar-refractivity contribution in [1.82, 2.24) is 10.2 Å². The second-order valence-electron chi connectivity index (χ2n) is 9.44. The molecule has 0 spiro atoms. The standard InChI is InChI=1S/C27H32ClN3O2S2/c28-22-8-11-26(12-9-22)35(32,33)31-24(10-7-21-4-1-2-6-27(21)31)15-18-30-16-13-23(14-17-30)29-20-25-5-3-19-34-25/h1-6,8-9,11-12,19,23-24,29H,7,10,13-18,20H2. The molecule has 3 aromatic rings. The molecular formula is C27H32ClN3O2S2. The lowest BCUT2D eigenvalue weighted by atomic mass is 9.95. The topological polar surface area (TPSA) is 52.7 Å². The lowest BCUT2D eigenvalue weighted by molar-refractivity contribution is 0.191. The maximum atomic E-state index is 13.8. The highest BCUT2D eigenvalue weighted by atomic mass is 35.5. The molecule has 0 aliphatic carbocycles. The summed E-state index contributed by atoms with van der Waals surface area (Å²) in [5, 5.41) is 6.36. The summed E-state index contributed by atoms with van der Waals surface area (Å²) in [5.41, 5.74) is 1.91. The van der Waals surface area contributed by atoms with Crippen molar-refractivity contribution in [3.05, 3.63) is 81.5 Å². The monoisotopic (exact) mass is 529 g/mol. The van der Waals surface area contributed by atoms with Gasteiger partial charge in [0.05, 0.1) is 10.6 Å². The number of nitrogens with one attached hydrogen (secondary N) is 1. The normalized spacial score (nSPS) is 19.6. The number of anilines is 1. The number of aryl methyl sites for hydroxylation is 1. The molecular weight excluding hydrogens is 498 g/mol. The Kier molecular flexibility index (Phi) is 7.80. The van der Waals surface area contributed by atoms with E-state index in [4.69, 9.17) is 11.6 Å². The molecule has 0 bridgehead atoms. The predicted molar refractivity (Wildman–Crippen MR) is 145 cm³/mol. The molecule has 5 rings (SSSR count). The van der Waals surface area contributed by atoms with E-state index in [1.165, 1.54) is 4.88 Å². The number of fused-ring (bicyclic) bond motifs is 1. The Morgan fingerprint density at radius 3 is 2.49 bits per heavy atom. The van der Waals surface area contributed by atoms with Gasteiger partial charge in [0.25, 0.3) is 10.0 Å². The average molecular weight is 530 g/mol. The maximum Gasteiger partial charge on any atom is 0.264 e. The van der Waals surface area contributed by atoms with Gasteiger partial charge in [0.2, 0.25) is 0 Å². The van der Waals surface area contributed by atoms with E-state index < -0.39 is 10.0 Å². The third-order valence-electron chi connectivity index (χ3n) is 7.19. The Bertz CT molecular complexity index is 1210. The van der Waals surface area contributed by atoms with E-state index in [1.54, 1.807) is 39.9 Å². The molecule has 3 heterocycles. The summed E-state index contributed by atoms with van der Waals surface area (Å²) in [6.07, 6.45) is 4.83. The van der Waals surface area contributed by atoms with Crippen LogP contribution in [-0.2, 0) is 23.0 Å². The SMILES string of the molecule is O=S(=O)(c1ccc(Cl)cc1)N1c2ccccc2CCC1CCN1CCC(NCc2cccs2)CC1. The number of piperidine rings is 1. The van der Waals surface area contributed by atoms with Crippen LogP contribution in [0.25, 0.3) is 0 Å². The van der Waals surface area contributed by atoms with Crippen LogP contribution in [0.4, 0.5) is 5.69 Å². The molecule has 8 heteroatoms. The Labute approximate surface area is 217 Å². The highest BCUT2D eigenvalue weighted by Gasteiger charge is 2.36. The summed E-state index contributed by atoms with van der Waals surface area (Å²) in [7, 11) is -3.68. The molecule has 1 saturated heterocycles. The molecule has 1 fully saturated rings. The zero-order valence-electron chi connectivity index (χ0n) is 19.8. The number of hydrogen-bond acceptors (Lipinski definition) is 5. The Morgan fingerprint density at radius 1 is 0.971 bits per heavy atom. The molecule has 0 saturated carbocycles. The van der Waals surface area contributed by atoms with E-state index in [-0.39, 0.29) is 6.04 Å². The summed E-state index contributed by atoms with van der Waals surface area (Å²) in [6, 6.07) is 19.2. The molecule has 1 aromatic heterocycles. The van der Waals surface area contributed by atoms with Gasteiger partial charge in [0.1, 0.15) is 0 Å². The number of rotatable bonds is 8. The number of sulfonamides is 1. The molecule has 0 radical (unpaired) electrons. The van der Waals surface area contributed by atoms with Crippen molar-refractivity contribution < 1.29 is 8.42 Å². The molecule has 2 aliphatic rings. The summed E-state index contributed by atoms with van der Waals surface area (Å²) in [6.45, 7) is 3.96. The lowest BCUT2D eigenvalue weighted by Gasteiger charge is -2.39. The first-order valence-corrected chi connectivity index (χ1v) is 15.1. The van der Waals surface area contributed by atoms with Crippen LogP contribution in [0.5, 0.6) is 0 Å². The van der Waals surface area contributed by atoms with Crippen molar-refractivity contribution in [2.24, 2.45) is 0 Å². The van der Waals surface area contributed by atoms with Crippen molar-refractivity contribution in [3.8, 4) is 0 Å². The summed E-state index contributed by atoms with van der Waals surface area (Å²) >= 11 is 7.83. The largest absolute Gasteiger partial charge is 0.309 e. The highest BCUT2D eigenvalue weighted by Crippen LogP contribution is 2.36. The molecule has 1 unspecified atom stereocenters. The maximum absolute atomic E-state index is 13.8. The minimum atomic E-state index is -3.68. The van der Waals surface area contributed by atoms with Gasteiger partial charge >= 0.3 is 0 Å². The van der Waals surface area contributed by atoms with Gasteiger partial charge in [-0.1, -0.05) is 35.9 Å². The first-order valence-electron chi connectivity index (χ1n) is 12.4. The molecule has 0 amide bonds. The Morgan fingerprint density at radius 2 is 1.74 bits per heavy atom. The molecule has 2 aliphatic heterocycles. The van der Waals surface area contributed by atoms with E-state index >= 15 is 0 Å². The van der Waals surface area contributed by atoms with Crippen LogP contribution in [0.2, 0.25) is 5.02 Å². The third-order valence-corrected chi connectivity index (χ3v) is 10.2. The fraction of sp³-hybridized carbons (Fsp3) is 0.407. The molecule has 1 atom stereocenters. The fourth-order valence-corrected chi connectivity index (χ4v) is 7.76. The predicted octanol–water partition coefficient (Wildman–Crippen LogP) is 5.56. The first kappa shape index (κ1) is 24.8. The first-order chi connectivity index (χ1) is 17.0. The van der Waals surface area contributed by atoms with Crippen LogP contribution in [0.15, 0.2) is 70.9 Å². The van der Waals surface area contributed by atoms with Gasteiger partial charge in [-0.25, -0.2) is 8.42 Å². The fourth-order valence-electron chi connectivity index (χ4n) is 5.23. The van der Waals surface area contributed by atoms with Gasteiger partial charge < -0.3 is 10.2 Å². The zero-order valence-corrected chi connectivity index (χ0v) is 22.2. The molecule has 35 heavy (non-hydrogen) atoms. The zero-order chi connectivity index (χ0) is 24.3. The average Bonchev–Trinajstić information content (AvgIpc) is 3.40. The number of para-hydroxylation sites is 1. The van der Waals surface area contributed by atoms with E-state index in [2.05, 4.69) is 27.7 Å². The number of likely N-dealkylation sites (tertiary alicyclic amines) is 1. The number of hydrogen-bond donors (Lipinski definition) is 1. The smallest absolute Gasteiger partial charge is 0.264 e. The highest BCUT2D eigenvalue weighted by molar-refractivity contribution is 7.92. The van der Waals surface area contributed by atoms with Crippen molar-refractivity contribution >= 4 is 38.6 Å². The van der Waals surface area contributed by atoms with E-state index in [9.17, 15) is 8.42 Å². The van der Waals surface area contributed by atoms with Crippen molar-refractivity contribution in [1.29, 1.82) is 0 Å². The quantitative estimate of drug-likeness (QED) is 0.415. The molecule has 186 valence electrons. The second-order valence-corrected chi connectivity index (χ2v) is 12.7. The van der Waals surface area contributed by atoms with Gasteiger partial charge in [-0.15, -0.1) is 11.3 Å². The number of benzene rings is 2. The summed E-state index contributed by atoms with van der Waals surface area (Å²) in [5.74, 6) is 0. The summed E-state index contributed by atoms with van der Waals surface area (Å²) in [4.78, 5) is 4.17. The number of thiophene rings is 1.